The van der Waals surface area contributed by atoms with Crippen molar-refractivity contribution in [3.05, 3.63) is 59.7 Å². The van der Waals surface area contributed by atoms with Crippen molar-refractivity contribution in [2.24, 2.45) is 0 Å². The zero-order valence-electron chi connectivity index (χ0n) is 11.8. The topological polar surface area (TPSA) is 70.7 Å². The summed E-state index contributed by atoms with van der Waals surface area (Å²) in [7, 11) is 0. The molecule has 0 saturated carbocycles. The van der Waals surface area contributed by atoms with E-state index < -0.39 is 0 Å². The summed E-state index contributed by atoms with van der Waals surface area (Å²) in [5.74, 6) is -0.453. The van der Waals surface area contributed by atoms with Crippen molar-refractivity contribution in [3.8, 4) is 0 Å². The second-order valence-corrected chi connectivity index (χ2v) is 4.96. The standard InChI is InChI=1S/C16H15FN4O/c17-13-6-2-1-4-11(13)5-3-9-18-16(22)14-8-7-12-10-19-21-15(12)20-14/h1-2,4,6-8,10H,3,5,9H2,(H,18,22)(H,19,20,21). The predicted molar refractivity (Wildman–Crippen MR) is 80.9 cm³/mol. The number of carbonyl (C=O) groups is 1. The van der Waals surface area contributed by atoms with Gasteiger partial charge in [-0.3, -0.25) is 9.89 Å². The van der Waals surface area contributed by atoms with Gasteiger partial charge < -0.3 is 5.32 Å². The van der Waals surface area contributed by atoms with Gasteiger partial charge in [0.25, 0.3) is 5.91 Å². The number of fused-ring (bicyclic) bond motifs is 1. The summed E-state index contributed by atoms with van der Waals surface area (Å²) < 4.78 is 13.5. The van der Waals surface area contributed by atoms with Gasteiger partial charge in [0.2, 0.25) is 0 Å². The van der Waals surface area contributed by atoms with Crippen molar-refractivity contribution in [1.29, 1.82) is 0 Å². The molecule has 0 fully saturated rings. The molecule has 0 bridgehead atoms. The maximum Gasteiger partial charge on any atom is 0.269 e. The third-order valence-electron chi connectivity index (χ3n) is 3.40. The third kappa shape index (κ3) is 3.11. The molecule has 1 amide bonds. The monoisotopic (exact) mass is 298 g/mol. The minimum atomic E-state index is -0.245. The van der Waals surface area contributed by atoms with Gasteiger partial charge in [0, 0.05) is 11.9 Å². The maximum atomic E-state index is 13.5. The zero-order chi connectivity index (χ0) is 15.4. The van der Waals surface area contributed by atoms with Gasteiger partial charge in [-0.15, -0.1) is 0 Å². The molecule has 6 heteroatoms. The maximum absolute atomic E-state index is 13.5. The first kappa shape index (κ1) is 14.2. The first-order valence-corrected chi connectivity index (χ1v) is 7.06. The van der Waals surface area contributed by atoms with Crippen LogP contribution in [0.25, 0.3) is 11.0 Å². The van der Waals surface area contributed by atoms with E-state index in [0.717, 1.165) is 5.39 Å². The molecule has 3 aromatic rings. The molecule has 2 heterocycles. The molecule has 3 rings (SSSR count). The Balaban J connectivity index is 1.53. The predicted octanol–water partition coefficient (Wildman–Crippen LogP) is 2.46. The number of aromatic amines is 1. The molecule has 0 aliphatic carbocycles. The summed E-state index contributed by atoms with van der Waals surface area (Å²) in [6, 6.07) is 10.1. The first-order chi connectivity index (χ1) is 10.7. The Labute approximate surface area is 126 Å². The highest BCUT2D eigenvalue weighted by atomic mass is 19.1. The van der Waals surface area contributed by atoms with E-state index in [0.29, 0.717) is 36.3 Å². The molecule has 0 unspecified atom stereocenters. The fourth-order valence-corrected chi connectivity index (χ4v) is 2.23. The van der Waals surface area contributed by atoms with Crippen molar-refractivity contribution in [1.82, 2.24) is 20.5 Å². The molecular formula is C16H15FN4O. The summed E-state index contributed by atoms with van der Waals surface area (Å²) in [5, 5.41) is 10.2. The van der Waals surface area contributed by atoms with Gasteiger partial charge in [-0.25, -0.2) is 9.37 Å². The van der Waals surface area contributed by atoms with Gasteiger partial charge in [0.05, 0.1) is 6.20 Å². The minimum Gasteiger partial charge on any atom is -0.351 e. The van der Waals surface area contributed by atoms with Crippen LogP contribution in [-0.4, -0.2) is 27.6 Å². The SMILES string of the molecule is O=C(NCCCc1ccccc1F)c1ccc2cn[nH]c2n1. The van der Waals surface area contributed by atoms with E-state index in [9.17, 15) is 9.18 Å². The smallest absolute Gasteiger partial charge is 0.269 e. The number of amides is 1. The van der Waals surface area contributed by atoms with Crippen LogP contribution >= 0.6 is 0 Å². The third-order valence-corrected chi connectivity index (χ3v) is 3.40. The zero-order valence-corrected chi connectivity index (χ0v) is 11.8. The lowest BCUT2D eigenvalue weighted by Gasteiger charge is -2.05. The van der Waals surface area contributed by atoms with Crippen LogP contribution in [0.3, 0.4) is 0 Å². The highest BCUT2D eigenvalue weighted by Crippen LogP contribution is 2.09. The van der Waals surface area contributed by atoms with Crippen LogP contribution in [0.2, 0.25) is 0 Å². The van der Waals surface area contributed by atoms with Gasteiger partial charge in [-0.05, 0) is 36.6 Å². The molecule has 1 aromatic carbocycles. The molecule has 0 aliphatic heterocycles. The Bertz CT molecular complexity index is 799. The number of hydrogen-bond acceptors (Lipinski definition) is 3. The molecule has 112 valence electrons. The average Bonchev–Trinajstić information content (AvgIpc) is 3.00. The van der Waals surface area contributed by atoms with E-state index in [1.807, 2.05) is 0 Å². The van der Waals surface area contributed by atoms with Crippen molar-refractivity contribution in [3.63, 3.8) is 0 Å². The highest BCUT2D eigenvalue weighted by molar-refractivity contribution is 5.94. The van der Waals surface area contributed by atoms with Crippen molar-refractivity contribution in [2.75, 3.05) is 6.54 Å². The Kier molecular flexibility index (Phi) is 4.09. The Morgan fingerprint density at radius 2 is 2.09 bits per heavy atom. The number of nitrogens with one attached hydrogen (secondary N) is 2. The van der Waals surface area contributed by atoms with Crippen LogP contribution in [0.15, 0.2) is 42.6 Å². The van der Waals surface area contributed by atoms with E-state index in [1.165, 1.54) is 6.07 Å². The number of H-pyrrole nitrogens is 1. The lowest BCUT2D eigenvalue weighted by Crippen LogP contribution is -2.25. The van der Waals surface area contributed by atoms with Gasteiger partial charge >= 0.3 is 0 Å². The summed E-state index contributed by atoms with van der Waals surface area (Å²) >= 11 is 0. The second kappa shape index (κ2) is 6.34. The first-order valence-electron chi connectivity index (χ1n) is 7.06. The number of pyridine rings is 1. The average molecular weight is 298 g/mol. The summed E-state index contributed by atoms with van der Waals surface area (Å²) in [6.07, 6.45) is 2.90. The van der Waals surface area contributed by atoms with Crippen LogP contribution in [0.1, 0.15) is 22.5 Å². The van der Waals surface area contributed by atoms with Crippen molar-refractivity contribution in [2.45, 2.75) is 12.8 Å². The van der Waals surface area contributed by atoms with Crippen LogP contribution in [0.5, 0.6) is 0 Å². The molecule has 0 atom stereocenters. The quantitative estimate of drug-likeness (QED) is 0.711. The van der Waals surface area contributed by atoms with Crippen LogP contribution in [0, 0.1) is 5.82 Å². The Morgan fingerprint density at radius 3 is 2.95 bits per heavy atom. The number of nitrogens with zero attached hydrogens (tertiary/aromatic N) is 2. The lowest BCUT2D eigenvalue weighted by atomic mass is 10.1. The van der Waals surface area contributed by atoms with Crippen LogP contribution < -0.4 is 5.32 Å². The van der Waals surface area contributed by atoms with Gasteiger partial charge in [-0.2, -0.15) is 5.10 Å². The van der Waals surface area contributed by atoms with Crippen molar-refractivity contribution >= 4 is 16.9 Å². The summed E-state index contributed by atoms with van der Waals surface area (Å²) in [6.45, 7) is 0.468. The number of benzene rings is 1. The fourth-order valence-electron chi connectivity index (χ4n) is 2.23. The molecule has 0 radical (unpaired) electrons. The number of rotatable bonds is 5. The van der Waals surface area contributed by atoms with E-state index in [1.54, 1.807) is 36.5 Å². The van der Waals surface area contributed by atoms with E-state index in [4.69, 9.17) is 0 Å². The van der Waals surface area contributed by atoms with Crippen molar-refractivity contribution < 1.29 is 9.18 Å². The van der Waals surface area contributed by atoms with Gasteiger partial charge in [0.15, 0.2) is 5.65 Å². The van der Waals surface area contributed by atoms with Crippen LogP contribution in [0.4, 0.5) is 4.39 Å². The lowest BCUT2D eigenvalue weighted by molar-refractivity contribution is 0.0948. The molecule has 2 N–H and O–H groups in total. The van der Waals surface area contributed by atoms with E-state index >= 15 is 0 Å². The van der Waals surface area contributed by atoms with Gasteiger partial charge in [0.1, 0.15) is 11.5 Å². The number of carbonyl (C=O) groups excluding carboxylic acids is 1. The van der Waals surface area contributed by atoms with Crippen LogP contribution in [-0.2, 0) is 6.42 Å². The largest absolute Gasteiger partial charge is 0.351 e. The molecule has 0 aliphatic rings. The number of aromatic nitrogens is 3. The summed E-state index contributed by atoms with van der Waals surface area (Å²) in [5.41, 5.74) is 1.58. The second-order valence-electron chi connectivity index (χ2n) is 4.96. The summed E-state index contributed by atoms with van der Waals surface area (Å²) in [4.78, 5) is 16.2. The Hall–Kier alpha value is -2.76. The normalized spacial score (nSPS) is 10.8. The van der Waals surface area contributed by atoms with E-state index in [-0.39, 0.29) is 11.7 Å². The molecule has 0 saturated heterocycles. The van der Waals surface area contributed by atoms with Gasteiger partial charge in [-0.1, -0.05) is 18.2 Å². The highest BCUT2D eigenvalue weighted by Gasteiger charge is 2.08. The molecule has 22 heavy (non-hydrogen) atoms. The molecule has 0 spiro atoms. The number of hydrogen-bond donors (Lipinski definition) is 2. The number of halogens is 1. The molecule has 5 nitrogen and oxygen atoms in total. The number of aryl methyl sites for hydroxylation is 1. The van der Waals surface area contributed by atoms with E-state index in [2.05, 4.69) is 20.5 Å². The Morgan fingerprint density at radius 1 is 1.23 bits per heavy atom. The molecular weight excluding hydrogens is 283 g/mol. The molecule has 2 aromatic heterocycles. The minimum absolute atomic E-state index is 0.208. The fraction of sp³-hybridized carbons (Fsp3) is 0.188.